The number of amides is 1. The van der Waals surface area contributed by atoms with E-state index >= 15 is 0 Å². The number of amidine groups is 1. The number of benzene rings is 2. The largest absolute Gasteiger partial charge is 0.353 e. The van der Waals surface area contributed by atoms with E-state index in [1.165, 1.54) is 11.8 Å². The second-order valence-electron chi connectivity index (χ2n) is 7.81. The predicted molar refractivity (Wildman–Crippen MR) is 136 cm³/mol. The lowest BCUT2D eigenvalue weighted by atomic mass is 10.2. The fraction of sp³-hybridized carbons (Fsp3) is 0.304. The van der Waals surface area contributed by atoms with Crippen molar-refractivity contribution in [2.75, 3.05) is 53.7 Å². The number of aromatic nitrogens is 2. The summed E-state index contributed by atoms with van der Waals surface area (Å²) in [5.41, 5.74) is 4.53. The van der Waals surface area contributed by atoms with Gasteiger partial charge in [0.15, 0.2) is 5.17 Å². The van der Waals surface area contributed by atoms with Crippen molar-refractivity contribution in [3.63, 3.8) is 0 Å². The molecule has 0 bridgehead atoms. The zero-order chi connectivity index (χ0) is 22.8. The number of carbonyl (C=O) groups excluding carboxylic acids is 1. The Kier molecular flexibility index (Phi) is 6.34. The van der Waals surface area contributed by atoms with Gasteiger partial charge in [-0.3, -0.25) is 9.69 Å². The standard InChI is InChI=1S/C23H24ClN7OS/c1-2-29-10-12-30(13-11-29)21-18-8-3-4-9-19(18)25-22(26-21)27-28-23-31(20(32)15-33-23)17-7-5-6-16(24)14-17/h3-9,14H,2,10-13,15H2,1H3,(H,25,26,27). The van der Waals surface area contributed by atoms with Gasteiger partial charge in [0, 0.05) is 36.6 Å². The first-order valence-electron chi connectivity index (χ1n) is 10.9. The van der Waals surface area contributed by atoms with E-state index in [-0.39, 0.29) is 5.91 Å². The maximum Gasteiger partial charge on any atom is 0.246 e. The van der Waals surface area contributed by atoms with Crippen LogP contribution in [0.15, 0.2) is 53.6 Å². The Bertz CT molecular complexity index is 1210. The van der Waals surface area contributed by atoms with Crippen LogP contribution in [0.4, 0.5) is 17.5 Å². The Labute approximate surface area is 201 Å². The highest BCUT2D eigenvalue weighted by molar-refractivity contribution is 8.15. The summed E-state index contributed by atoms with van der Waals surface area (Å²) < 4.78 is 0. The number of rotatable bonds is 5. The molecule has 3 heterocycles. The molecule has 170 valence electrons. The minimum absolute atomic E-state index is 0.0447. The molecule has 1 aromatic heterocycles. The molecule has 0 aliphatic carbocycles. The molecule has 10 heteroatoms. The van der Waals surface area contributed by atoms with Crippen LogP contribution in [0.3, 0.4) is 0 Å². The Morgan fingerprint density at radius 2 is 1.91 bits per heavy atom. The van der Waals surface area contributed by atoms with Gasteiger partial charge >= 0.3 is 0 Å². The van der Waals surface area contributed by atoms with Crippen LogP contribution in [0.5, 0.6) is 0 Å². The van der Waals surface area contributed by atoms with E-state index in [4.69, 9.17) is 16.6 Å². The van der Waals surface area contributed by atoms with E-state index in [1.54, 1.807) is 17.0 Å². The van der Waals surface area contributed by atoms with Gasteiger partial charge < -0.3 is 9.80 Å². The van der Waals surface area contributed by atoms with Gasteiger partial charge in [-0.2, -0.15) is 4.98 Å². The van der Waals surface area contributed by atoms with Gasteiger partial charge in [0.05, 0.1) is 17.0 Å². The van der Waals surface area contributed by atoms with Crippen LogP contribution in [-0.4, -0.2) is 64.4 Å². The van der Waals surface area contributed by atoms with Crippen molar-refractivity contribution in [2.24, 2.45) is 5.10 Å². The van der Waals surface area contributed by atoms with Crippen molar-refractivity contribution >= 4 is 62.8 Å². The topological polar surface area (TPSA) is 77.0 Å². The van der Waals surface area contributed by atoms with Gasteiger partial charge in [0.2, 0.25) is 11.9 Å². The number of para-hydroxylation sites is 1. The number of carbonyl (C=O) groups is 1. The summed E-state index contributed by atoms with van der Waals surface area (Å²) in [5.74, 6) is 1.58. The van der Waals surface area contributed by atoms with Gasteiger partial charge in [-0.1, -0.05) is 48.5 Å². The first-order chi connectivity index (χ1) is 16.1. The van der Waals surface area contributed by atoms with Crippen molar-refractivity contribution in [2.45, 2.75) is 6.92 Å². The summed E-state index contributed by atoms with van der Waals surface area (Å²) >= 11 is 7.50. The second kappa shape index (κ2) is 9.54. The van der Waals surface area contributed by atoms with Crippen LogP contribution in [-0.2, 0) is 4.79 Å². The molecule has 2 aromatic carbocycles. The molecular weight excluding hydrogens is 458 g/mol. The minimum Gasteiger partial charge on any atom is -0.353 e. The van der Waals surface area contributed by atoms with E-state index in [0.717, 1.165) is 49.4 Å². The van der Waals surface area contributed by atoms with E-state index in [2.05, 4.69) is 38.3 Å². The molecule has 8 nitrogen and oxygen atoms in total. The number of halogens is 1. The summed E-state index contributed by atoms with van der Waals surface area (Å²) in [6, 6.07) is 15.2. The lowest BCUT2D eigenvalue weighted by Crippen LogP contribution is -2.46. The minimum atomic E-state index is -0.0447. The molecule has 2 aliphatic heterocycles. The average molecular weight is 482 g/mol. The molecule has 1 amide bonds. The molecule has 5 rings (SSSR count). The quantitative estimate of drug-likeness (QED) is 0.554. The molecule has 2 fully saturated rings. The zero-order valence-electron chi connectivity index (χ0n) is 18.2. The number of nitrogens with one attached hydrogen (secondary N) is 1. The number of likely N-dealkylation sites (N-methyl/N-ethyl adjacent to an activating group) is 1. The average Bonchev–Trinajstić information content (AvgIpc) is 3.22. The lowest BCUT2D eigenvalue weighted by molar-refractivity contribution is -0.115. The summed E-state index contributed by atoms with van der Waals surface area (Å²) in [7, 11) is 0. The number of fused-ring (bicyclic) bond motifs is 1. The monoisotopic (exact) mass is 481 g/mol. The van der Waals surface area contributed by atoms with Crippen LogP contribution in [0, 0.1) is 0 Å². The van der Waals surface area contributed by atoms with Crippen molar-refractivity contribution in [3.05, 3.63) is 53.6 Å². The van der Waals surface area contributed by atoms with Crippen LogP contribution in [0.25, 0.3) is 10.9 Å². The lowest BCUT2D eigenvalue weighted by Gasteiger charge is -2.35. The first-order valence-corrected chi connectivity index (χ1v) is 12.3. The summed E-state index contributed by atoms with van der Waals surface area (Å²) in [6.45, 7) is 7.09. The van der Waals surface area contributed by atoms with E-state index < -0.39 is 0 Å². The number of hydrogen-bond donors (Lipinski definition) is 1. The Morgan fingerprint density at radius 3 is 2.70 bits per heavy atom. The number of nitrogens with zero attached hydrogens (tertiary/aromatic N) is 6. The number of thioether (sulfide) groups is 1. The van der Waals surface area contributed by atoms with Crippen LogP contribution < -0.4 is 15.2 Å². The fourth-order valence-corrected chi connectivity index (χ4v) is 5.05. The van der Waals surface area contributed by atoms with Crippen LogP contribution in [0.2, 0.25) is 5.02 Å². The Balaban J connectivity index is 1.44. The first kappa shape index (κ1) is 21.9. The highest BCUT2D eigenvalue weighted by Crippen LogP contribution is 2.29. The molecule has 2 saturated heterocycles. The van der Waals surface area contributed by atoms with Gasteiger partial charge in [0.25, 0.3) is 0 Å². The Hall–Kier alpha value is -2.88. The summed E-state index contributed by atoms with van der Waals surface area (Å²) in [4.78, 5) is 28.3. The SMILES string of the molecule is CCN1CCN(c2nc(NN=C3SCC(=O)N3c3cccc(Cl)c3)nc3ccccc23)CC1. The highest BCUT2D eigenvalue weighted by Gasteiger charge is 2.30. The second-order valence-corrected chi connectivity index (χ2v) is 9.19. The van der Waals surface area contributed by atoms with Gasteiger partial charge in [0.1, 0.15) is 5.82 Å². The normalized spacial score (nSPS) is 18.5. The maximum absolute atomic E-state index is 12.5. The number of piperazine rings is 1. The fourth-order valence-electron chi connectivity index (χ4n) is 4.04. The number of hydrogen-bond acceptors (Lipinski definition) is 8. The van der Waals surface area contributed by atoms with Crippen LogP contribution in [0.1, 0.15) is 6.92 Å². The molecule has 0 unspecified atom stereocenters. The van der Waals surface area contributed by atoms with E-state index in [1.807, 2.05) is 30.3 Å². The Morgan fingerprint density at radius 1 is 1.09 bits per heavy atom. The van der Waals surface area contributed by atoms with Crippen molar-refractivity contribution < 1.29 is 4.79 Å². The molecule has 1 N–H and O–H groups in total. The van der Waals surface area contributed by atoms with Crippen molar-refractivity contribution in [1.29, 1.82) is 0 Å². The predicted octanol–water partition coefficient (Wildman–Crippen LogP) is 3.89. The molecular formula is C23H24ClN7OS. The van der Waals surface area contributed by atoms with Gasteiger partial charge in [-0.15, -0.1) is 5.10 Å². The summed E-state index contributed by atoms with van der Waals surface area (Å²) in [5, 5.41) is 6.61. The maximum atomic E-state index is 12.5. The number of hydrazone groups is 1. The summed E-state index contributed by atoms with van der Waals surface area (Å²) in [6.07, 6.45) is 0. The zero-order valence-corrected chi connectivity index (χ0v) is 19.8. The smallest absolute Gasteiger partial charge is 0.246 e. The van der Waals surface area contributed by atoms with Gasteiger partial charge in [-0.25, -0.2) is 10.4 Å². The third kappa shape index (κ3) is 4.62. The molecule has 0 saturated carbocycles. The highest BCUT2D eigenvalue weighted by atomic mass is 35.5. The molecule has 2 aliphatic rings. The molecule has 3 aromatic rings. The molecule has 0 atom stereocenters. The molecule has 0 radical (unpaired) electrons. The van der Waals surface area contributed by atoms with Gasteiger partial charge in [-0.05, 0) is 36.9 Å². The third-order valence-corrected chi connectivity index (χ3v) is 6.94. The van der Waals surface area contributed by atoms with Crippen molar-refractivity contribution in [1.82, 2.24) is 14.9 Å². The van der Waals surface area contributed by atoms with Crippen molar-refractivity contribution in [3.8, 4) is 0 Å². The molecule has 33 heavy (non-hydrogen) atoms. The number of anilines is 3. The van der Waals surface area contributed by atoms with E-state index in [9.17, 15) is 4.79 Å². The van der Waals surface area contributed by atoms with Crippen LogP contribution >= 0.6 is 23.4 Å². The van der Waals surface area contributed by atoms with E-state index in [0.29, 0.717) is 27.6 Å². The third-order valence-electron chi connectivity index (χ3n) is 5.79. The molecule has 0 spiro atoms.